The van der Waals surface area contributed by atoms with Crippen LogP contribution in [0.25, 0.3) is 0 Å². The summed E-state index contributed by atoms with van der Waals surface area (Å²) in [7, 11) is 0. The maximum Gasteiger partial charge on any atom is 0.415 e. The van der Waals surface area contributed by atoms with Gasteiger partial charge in [0.1, 0.15) is 5.60 Å². The molecule has 0 unspecified atom stereocenters. The Labute approximate surface area is 126 Å². The average Bonchev–Trinajstić information content (AvgIpc) is 2.37. The van der Waals surface area contributed by atoms with Crippen LogP contribution in [0.5, 0.6) is 0 Å². The molecule has 0 saturated heterocycles. The molecule has 0 aromatic heterocycles. The minimum Gasteiger partial charge on any atom is -0.443 e. The summed E-state index contributed by atoms with van der Waals surface area (Å²) in [5, 5.41) is 0. The number of carbonyl (C=O) groups excluding carboxylic acids is 2. The Morgan fingerprint density at radius 1 is 1.33 bits per heavy atom. The molecule has 1 aromatic rings. The molecule has 0 bridgehead atoms. The second-order valence-electron chi connectivity index (χ2n) is 6.44. The number of carbonyl (C=O) groups is 2. The lowest BCUT2D eigenvalue weighted by Crippen LogP contribution is -2.47. The highest BCUT2D eigenvalue weighted by Gasteiger charge is 2.36. The molecule has 0 spiro atoms. The Morgan fingerprint density at radius 2 is 2.00 bits per heavy atom. The number of hydrogen-bond acceptors (Lipinski definition) is 3. The number of hydrogen-bond donors (Lipinski definition) is 0. The smallest absolute Gasteiger partial charge is 0.415 e. The van der Waals surface area contributed by atoms with E-state index in [0.717, 1.165) is 12.8 Å². The zero-order valence-corrected chi connectivity index (χ0v) is 13.2. The minimum atomic E-state index is -0.551. The van der Waals surface area contributed by atoms with Gasteiger partial charge in [0.15, 0.2) is 5.78 Å². The van der Waals surface area contributed by atoms with Gasteiger partial charge in [-0.3, -0.25) is 9.69 Å². The van der Waals surface area contributed by atoms with Crippen molar-refractivity contribution in [3.63, 3.8) is 0 Å². The Balaban J connectivity index is 2.40. The second-order valence-corrected chi connectivity index (χ2v) is 6.44. The Bertz CT molecular complexity index is 545. The van der Waals surface area contributed by atoms with Crippen molar-refractivity contribution >= 4 is 17.6 Å². The van der Waals surface area contributed by atoms with Crippen molar-refractivity contribution in [3.05, 3.63) is 29.8 Å². The van der Waals surface area contributed by atoms with Crippen LogP contribution in [-0.2, 0) is 4.74 Å². The first-order valence-electron chi connectivity index (χ1n) is 7.48. The van der Waals surface area contributed by atoms with Gasteiger partial charge in [0.25, 0.3) is 0 Å². The van der Waals surface area contributed by atoms with Gasteiger partial charge in [0.2, 0.25) is 0 Å². The van der Waals surface area contributed by atoms with Crippen LogP contribution in [0, 0.1) is 0 Å². The number of para-hydroxylation sites is 1. The number of amides is 1. The predicted octanol–water partition coefficient (Wildman–Crippen LogP) is 4.18. The lowest BCUT2D eigenvalue weighted by atomic mass is 9.92. The number of Topliss-reactive ketones (excluding diaryl/α,β-unsaturated/α-hetero) is 1. The van der Waals surface area contributed by atoms with Gasteiger partial charge in [-0.2, -0.15) is 0 Å². The molecular formula is C17H23NO3. The topological polar surface area (TPSA) is 46.6 Å². The van der Waals surface area contributed by atoms with E-state index in [0.29, 0.717) is 17.7 Å². The van der Waals surface area contributed by atoms with Gasteiger partial charge in [-0.15, -0.1) is 0 Å². The predicted molar refractivity (Wildman–Crippen MR) is 82.8 cm³/mol. The van der Waals surface area contributed by atoms with Crippen molar-refractivity contribution in [2.24, 2.45) is 0 Å². The van der Waals surface area contributed by atoms with E-state index >= 15 is 0 Å². The molecule has 1 atom stereocenters. The van der Waals surface area contributed by atoms with Crippen LogP contribution in [0.2, 0.25) is 0 Å². The summed E-state index contributed by atoms with van der Waals surface area (Å²) in [5.41, 5.74) is 0.724. The van der Waals surface area contributed by atoms with Gasteiger partial charge >= 0.3 is 6.09 Å². The van der Waals surface area contributed by atoms with E-state index in [-0.39, 0.29) is 17.9 Å². The minimum absolute atomic E-state index is 0.101. The number of nitrogens with zero attached hydrogens (tertiary/aromatic N) is 1. The van der Waals surface area contributed by atoms with E-state index < -0.39 is 5.60 Å². The molecule has 1 aliphatic rings. The van der Waals surface area contributed by atoms with Gasteiger partial charge in [0, 0.05) is 18.0 Å². The van der Waals surface area contributed by atoms with Crippen molar-refractivity contribution in [3.8, 4) is 0 Å². The van der Waals surface area contributed by atoms with Crippen LogP contribution < -0.4 is 4.90 Å². The molecule has 2 rings (SSSR count). The summed E-state index contributed by atoms with van der Waals surface area (Å²) in [4.78, 5) is 26.5. The van der Waals surface area contributed by atoms with Crippen molar-refractivity contribution in [2.45, 2.75) is 58.6 Å². The van der Waals surface area contributed by atoms with E-state index in [2.05, 4.69) is 6.92 Å². The fraction of sp³-hybridized carbons (Fsp3) is 0.529. The van der Waals surface area contributed by atoms with Gasteiger partial charge in [-0.25, -0.2) is 4.79 Å². The van der Waals surface area contributed by atoms with Crippen LogP contribution in [0.1, 0.15) is 57.3 Å². The molecule has 0 fully saturated rings. The Kier molecular flexibility index (Phi) is 4.35. The lowest BCUT2D eigenvalue weighted by molar-refractivity contribution is 0.0557. The summed E-state index contributed by atoms with van der Waals surface area (Å²) in [5.74, 6) is 0.101. The molecule has 0 aliphatic carbocycles. The van der Waals surface area contributed by atoms with Crippen LogP contribution >= 0.6 is 0 Å². The fourth-order valence-electron chi connectivity index (χ4n) is 2.65. The molecule has 4 nitrogen and oxygen atoms in total. The van der Waals surface area contributed by atoms with Crippen LogP contribution in [0.3, 0.4) is 0 Å². The standard InChI is InChI=1S/C17H23NO3/c1-5-8-12-11-15(19)13-9-6-7-10-14(13)18(12)16(20)21-17(2,3)4/h6-7,9-10,12H,5,8,11H2,1-4H3/t12-/m0/s1. The molecule has 114 valence electrons. The zero-order valence-electron chi connectivity index (χ0n) is 13.2. The van der Waals surface area contributed by atoms with Crippen molar-refractivity contribution in [2.75, 3.05) is 4.90 Å². The third-order valence-electron chi connectivity index (χ3n) is 3.46. The molecule has 1 heterocycles. The summed E-state index contributed by atoms with van der Waals surface area (Å²) in [6.45, 7) is 7.60. The van der Waals surface area contributed by atoms with E-state index in [4.69, 9.17) is 4.74 Å². The molecule has 1 aliphatic heterocycles. The molecule has 1 aromatic carbocycles. The van der Waals surface area contributed by atoms with Crippen LogP contribution in [0.4, 0.5) is 10.5 Å². The average molecular weight is 289 g/mol. The molecule has 0 radical (unpaired) electrons. The number of rotatable bonds is 2. The third-order valence-corrected chi connectivity index (χ3v) is 3.46. The Hall–Kier alpha value is -1.84. The Morgan fingerprint density at radius 3 is 2.62 bits per heavy atom. The van der Waals surface area contributed by atoms with Gasteiger partial charge in [-0.05, 0) is 39.3 Å². The summed E-state index contributed by atoms with van der Waals surface area (Å²) < 4.78 is 5.52. The quantitative estimate of drug-likeness (QED) is 0.820. The number of ketones is 1. The molecule has 21 heavy (non-hydrogen) atoms. The van der Waals surface area contributed by atoms with Crippen molar-refractivity contribution < 1.29 is 14.3 Å². The number of ether oxygens (including phenoxy) is 1. The van der Waals surface area contributed by atoms with Gasteiger partial charge in [-0.1, -0.05) is 25.5 Å². The largest absolute Gasteiger partial charge is 0.443 e. The maximum absolute atomic E-state index is 12.6. The first-order valence-corrected chi connectivity index (χ1v) is 7.48. The zero-order chi connectivity index (χ0) is 15.6. The molecule has 0 saturated carbocycles. The van der Waals surface area contributed by atoms with E-state index in [1.165, 1.54) is 0 Å². The van der Waals surface area contributed by atoms with Crippen LogP contribution in [0.15, 0.2) is 24.3 Å². The summed E-state index contributed by atoms with van der Waals surface area (Å²) >= 11 is 0. The highest BCUT2D eigenvalue weighted by atomic mass is 16.6. The highest BCUT2D eigenvalue weighted by Crippen LogP contribution is 2.33. The SMILES string of the molecule is CCC[C@H]1CC(=O)c2ccccc2N1C(=O)OC(C)(C)C. The molecule has 1 amide bonds. The normalized spacial score (nSPS) is 18.4. The number of anilines is 1. The molecular weight excluding hydrogens is 266 g/mol. The highest BCUT2D eigenvalue weighted by molar-refractivity contribution is 6.08. The first-order chi connectivity index (χ1) is 9.83. The van der Waals surface area contributed by atoms with Crippen molar-refractivity contribution in [1.29, 1.82) is 0 Å². The second kappa shape index (κ2) is 5.88. The lowest BCUT2D eigenvalue weighted by Gasteiger charge is -2.37. The molecule has 0 N–H and O–H groups in total. The van der Waals surface area contributed by atoms with Crippen LogP contribution in [-0.4, -0.2) is 23.5 Å². The monoisotopic (exact) mass is 289 g/mol. The van der Waals surface area contributed by atoms with Crippen molar-refractivity contribution in [1.82, 2.24) is 0 Å². The van der Waals surface area contributed by atoms with E-state index in [1.807, 2.05) is 39.0 Å². The summed E-state index contributed by atoms with van der Waals surface area (Å²) in [6, 6.07) is 7.14. The maximum atomic E-state index is 12.6. The number of fused-ring (bicyclic) bond motifs is 1. The van der Waals surface area contributed by atoms with Gasteiger partial charge in [0.05, 0.1) is 5.69 Å². The summed E-state index contributed by atoms with van der Waals surface area (Å²) in [6.07, 6.45) is 1.70. The van der Waals surface area contributed by atoms with E-state index in [9.17, 15) is 9.59 Å². The number of benzene rings is 1. The molecule has 4 heteroatoms. The van der Waals surface area contributed by atoms with Gasteiger partial charge < -0.3 is 4.74 Å². The fourth-order valence-corrected chi connectivity index (χ4v) is 2.65. The first kappa shape index (κ1) is 15.5. The van der Waals surface area contributed by atoms with E-state index in [1.54, 1.807) is 11.0 Å². The third kappa shape index (κ3) is 3.43.